The average molecular weight is 274 g/mol. The van der Waals surface area contributed by atoms with Gasteiger partial charge in [0.15, 0.2) is 0 Å². The molecule has 0 unspecified atom stereocenters. The first-order valence-corrected chi connectivity index (χ1v) is 5.39. The predicted molar refractivity (Wildman–Crippen MR) is 71.0 cm³/mol. The molecule has 1 aromatic rings. The maximum absolute atomic E-state index is 10.9. The van der Waals surface area contributed by atoms with Gasteiger partial charge in [-0.25, -0.2) is 0 Å². The molecule has 0 heterocycles. The number of nitrogens with one attached hydrogen (secondary N) is 2. The Kier molecular flexibility index (Phi) is 5.44. The van der Waals surface area contributed by atoms with Gasteiger partial charge in [0.1, 0.15) is 17.8 Å². The maximum atomic E-state index is 10.9. The predicted octanol–water partition coefficient (Wildman–Crippen LogP) is 0.814. The van der Waals surface area contributed by atoms with Crippen LogP contribution in [0.4, 0.5) is 17.1 Å². The lowest BCUT2D eigenvalue weighted by atomic mass is 10.2. The zero-order valence-corrected chi connectivity index (χ0v) is 10.2. The first-order valence-electron chi connectivity index (χ1n) is 5.39. The third-order valence-electron chi connectivity index (χ3n) is 2.13. The lowest BCUT2D eigenvalue weighted by Gasteiger charge is -2.07. The van der Waals surface area contributed by atoms with Crippen LogP contribution in [0.25, 0.3) is 0 Å². The monoisotopic (exact) mass is 274 g/mol. The number of aliphatic hydroxyl groups excluding tert-OH is 1. The molecule has 0 aliphatic heterocycles. The van der Waals surface area contributed by atoms with Gasteiger partial charge < -0.3 is 10.4 Å². The number of nitro groups is 1. The van der Waals surface area contributed by atoms with E-state index in [4.69, 9.17) is 15.6 Å². The molecular weight excluding hydrogens is 264 g/mol. The zero-order valence-electron chi connectivity index (χ0n) is 10.2. The van der Waals surface area contributed by atoms with Crippen LogP contribution in [0, 0.1) is 32.8 Å². The fourth-order valence-corrected chi connectivity index (χ4v) is 1.29. The van der Waals surface area contributed by atoms with Crippen LogP contribution in [0.3, 0.4) is 0 Å². The van der Waals surface area contributed by atoms with E-state index >= 15 is 0 Å². The number of anilines is 2. The molecule has 0 bridgehead atoms. The summed E-state index contributed by atoms with van der Waals surface area (Å²) >= 11 is 0. The Morgan fingerprint density at radius 1 is 1.45 bits per heavy atom. The van der Waals surface area contributed by atoms with Gasteiger partial charge in [0, 0.05) is 12.6 Å². The molecule has 9 nitrogen and oxygen atoms in total. The van der Waals surface area contributed by atoms with Crippen molar-refractivity contribution >= 4 is 22.8 Å². The fourth-order valence-electron chi connectivity index (χ4n) is 1.29. The second-order valence-electron chi connectivity index (χ2n) is 3.44. The first-order chi connectivity index (χ1) is 9.62. The van der Waals surface area contributed by atoms with Crippen molar-refractivity contribution in [3.05, 3.63) is 28.3 Å². The SMILES string of the molecule is N#CC(C#N)=NNc1ccc(NCCO)c([N+](=O)[O-])c1. The van der Waals surface area contributed by atoms with Gasteiger partial charge in [-0.15, -0.1) is 0 Å². The van der Waals surface area contributed by atoms with Crippen molar-refractivity contribution in [1.29, 1.82) is 10.5 Å². The van der Waals surface area contributed by atoms with Gasteiger partial charge in [0.2, 0.25) is 5.71 Å². The largest absolute Gasteiger partial charge is 0.395 e. The van der Waals surface area contributed by atoms with Crippen molar-refractivity contribution in [3.8, 4) is 12.1 Å². The summed E-state index contributed by atoms with van der Waals surface area (Å²) < 4.78 is 0. The molecule has 0 spiro atoms. The second kappa shape index (κ2) is 7.31. The lowest BCUT2D eigenvalue weighted by Crippen LogP contribution is -2.07. The smallest absolute Gasteiger partial charge is 0.294 e. The highest BCUT2D eigenvalue weighted by Crippen LogP contribution is 2.27. The number of rotatable bonds is 6. The van der Waals surface area contributed by atoms with E-state index < -0.39 is 10.6 Å². The van der Waals surface area contributed by atoms with E-state index in [9.17, 15) is 10.1 Å². The molecule has 0 saturated carbocycles. The minimum Gasteiger partial charge on any atom is -0.395 e. The molecule has 9 heteroatoms. The highest BCUT2D eigenvalue weighted by atomic mass is 16.6. The summed E-state index contributed by atoms with van der Waals surface area (Å²) in [4.78, 5) is 10.3. The number of aliphatic hydroxyl groups is 1. The van der Waals surface area contributed by atoms with E-state index in [1.807, 2.05) is 0 Å². The zero-order chi connectivity index (χ0) is 15.0. The molecule has 0 aliphatic carbocycles. The Labute approximate surface area is 113 Å². The normalized spacial score (nSPS) is 8.95. The number of nitriles is 2. The molecular formula is C11H10N6O3. The molecule has 0 saturated heterocycles. The van der Waals surface area contributed by atoms with Crippen molar-refractivity contribution in [3.63, 3.8) is 0 Å². The second-order valence-corrected chi connectivity index (χ2v) is 3.44. The van der Waals surface area contributed by atoms with Crippen molar-refractivity contribution < 1.29 is 10.0 Å². The minimum atomic E-state index is -0.593. The molecule has 0 atom stereocenters. The van der Waals surface area contributed by atoms with Gasteiger partial charge in [0.25, 0.3) is 5.69 Å². The van der Waals surface area contributed by atoms with Gasteiger partial charge in [-0.2, -0.15) is 15.6 Å². The van der Waals surface area contributed by atoms with E-state index in [1.54, 1.807) is 12.1 Å². The Morgan fingerprint density at radius 2 is 2.15 bits per heavy atom. The Hall–Kier alpha value is -3.17. The Bertz CT molecular complexity index is 598. The number of nitro benzene ring substituents is 1. The summed E-state index contributed by atoms with van der Waals surface area (Å²) in [7, 11) is 0. The lowest BCUT2D eigenvalue weighted by molar-refractivity contribution is -0.383. The van der Waals surface area contributed by atoms with E-state index in [1.165, 1.54) is 18.2 Å². The summed E-state index contributed by atoms with van der Waals surface area (Å²) in [6.45, 7) is 0.0218. The van der Waals surface area contributed by atoms with Crippen LogP contribution >= 0.6 is 0 Å². The van der Waals surface area contributed by atoms with Crippen LogP contribution in [0.15, 0.2) is 23.3 Å². The number of hydrogen-bond acceptors (Lipinski definition) is 8. The highest BCUT2D eigenvalue weighted by molar-refractivity contribution is 6.10. The molecule has 20 heavy (non-hydrogen) atoms. The van der Waals surface area contributed by atoms with E-state index in [0.717, 1.165) is 0 Å². The van der Waals surface area contributed by atoms with Gasteiger partial charge in [-0.05, 0) is 12.1 Å². The van der Waals surface area contributed by atoms with Gasteiger partial charge in [0.05, 0.1) is 17.2 Å². The molecule has 0 radical (unpaired) electrons. The van der Waals surface area contributed by atoms with Gasteiger partial charge in [-0.1, -0.05) is 0 Å². The topological polar surface area (TPSA) is 147 Å². The summed E-state index contributed by atoms with van der Waals surface area (Å²) in [5, 5.41) is 42.8. The van der Waals surface area contributed by atoms with Crippen LogP contribution in [-0.2, 0) is 0 Å². The molecule has 0 amide bonds. The molecule has 102 valence electrons. The van der Waals surface area contributed by atoms with E-state index in [0.29, 0.717) is 0 Å². The third-order valence-corrected chi connectivity index (χ3v) is 2.13. The number of nitrogens with zero attached hydrogens (tertiary/aromatic N) is 4. The number of hydrazone groups is 1. The van der Waals surface area contributed by atoms with Crippen LogP contribution in [-0.4, -0.2) is 28.9 Å². The number of hydrogen-bond donors (Lipinski definition) is 3. The average Bonchev–Trinajstić information content (AvgIpc) is 2.46. The van der Waals surface area contributed by atoms with E-state index in [2.05, 4.69) is 15.8 Å². The summed E-state index contributed by atoms with van der Waals surface area (Å²) in [5.41, 5.74) is 2.29. The molecule has 0 fully saturated rings. The molecule has 3 N–H and O–H groups in total. The molecule has 0 aromatic heterocycles. The summed E-state index contributed by atoms with van der Waals surface area (Å²) in [6.07, 6.45) is 0. The van der Waals surface area contributed by atoms with Crippen LogP contribution in [0.5, 0.6) is 0 Å². The minimum absolute atomic E-state index is 0.158. The quantitative estimate of drug-likeness (QED) is 0.395. The first kappa shape index (κ1) is 14.9. The third kappa shape index (κ3) is 3.94. The summed E-state index contributed by atoms with van der Waals surface area (Å²) in [6, 6.07) is 7.23. The van der Waals surface area contributed by atoms with Crippen molar-refractivity contribution in [2.75, 3.05) is 23.9 Å². The molecule has 1 aromatic carbocycles. The molecule has 0 aliphatic rings. The standard InChI is InChI=1S/C11H10N6O3/c12-6-9(7-13)16-15-8-1-2-10(14-3-4-18)11(5-8)17(19)20/h1-2,5,14-15,18H,3-4H2. The highest BCUT2D eigenvalue weighted by Gasteiger charge is 2.14. The Balaban J connectivity index is 3.00. The number of benzene rings is 1. The Morgan fingerprint density at radius 3 is 2.70 bits per heavy atom. The van der Waals surface area contributed by atoms with Crippen LogP contribution in [0.1, 0.15) is 0 Å². The van der Waals surface area contributed by atoms with Crippen molar-refractivity contribution in [2.24, 2.45) is 5.10 Å². The van der Waals surface area contributed by atoms with Gasteiger partial charge >= 0.3 is 0 Å². The molecule has 1 rings (SSSR count). The van der Waals surface area contributed by atoms with Gasteiger partial charge in [-0.3, -0.25) is 15.5 Å². The van der Waals surface area contributed by atoms with E-state index in [-0.39, 0.29) is 30.2 Å². The van der Waals surface area contributed by atoms with Crippen molar-refractivity contribution in [2.45, 2.75) is 0 Å². The fraction of sp³-hybridized carbons (Fsp3) is 0.182. The maximum Gasteiger partial charge on any atom is 0.294 e. The van der Waals surface area contributed by atoms with Crippen LogP contribution < -0.4 is 10.7 Å². The summed E-state index contributed by atoms with van der Waals surface area (Å²) in [5.74, 6) is 0. The van der Waals surface area contributed by atoms with Crippen molar-refractivity contribution in [1.82, 2.24) is 0 Å². The van der Waals surface area contributed by atoms with Crippen LogP contribution in [0.2, 0.25) is 0 Å².